The van der Waals surface area contributed by atoms with Crippen molar-refractivity contribution in [2.45, 2.75) is 50.2 Å². The van der Waals surface area contributed by atoms with Crippen molar-refractivity contribution < 1.29 is 9.53 Å². The molecule has 1 amide bonds. The van der Waals surface area contributed by atoms with Gasteiger partial charge in [-0.25, -0.2) is 0 Å². The van der Waals surface area contributed by atoms with E-state index in [4.69, 9.17) is 4.74 Å². The molecule has 1 N–H and O–H groups in total. The lowest BCUT2D eigenvalue weighted by Crippen LogP contribution is -2.38. The van der Waals surface area contributed by atoms with Crippen molar-refractivity contribution in [1.29, 1.82) is 0 Å². The van der Waals surface area contributed by atoms with Gasteiger partial charge in [0.2, 0.25) is 11.9 Å². The van der Waals surface area contributed by atoms with Gasteiger partial charge in [0, 0.05) is 24.8 Å². The summed E-state index contributed by atoms with van der Waals surface area (Å²) < 4.78 is 7.66. The zero-order valence-electron chi connectivity index (χ0n) is 17.4. The second-order valence-corrected chi connectivity index (χ2v) is 9.59. The standard InChI is InChI=1S/C21H29N5O2S/c1-21(2,3)15-4-6-16(7-5-15)22-18(27)14-29-20-24-23-19(26(20)17-8-9-17)25-10-12-28-13-11-25/h4-7,17H,8-14H2,1-3H3,(H,22,27). The lowest BCUT2D eigenvalue weighted by atomic mass is 9.87. The Morgan fingerprint density at radius 1 is 1.17 bits per heavy atom. The molecule has 8 heteroatoms. The quantitative estimate of drug-likeness (QED) is 0.729. The number of benzene rings is 1. The predicted octanol–water partition coefficient (Wildman–Crippen LogP) is 3.48. The number of nitrogens with zero attached hydrogens (tertiary/aromatic N) is 4. The number of thioether (sulfide) groups is 1. The topological polar surface area (TPSA) is 72.3 Å². The number of carbonyl (C=O) groups is 1. The van der Waals surface area contributed by atoms with Crippen LogP contribution in [0.3, 0.4) is 0 Å². The van der Waals surface area contributed by atoms with E-state index in [-0.39, 0.29) is 11.3 Å². The number of rotatable bonds is 6. The molecule has 1 aliphatic heterocycles. The van der Waals surface area contributed by atoms with Crippen LogP contribution in [0.1, 0.15) is 45.2 Å². The molecule has 2 aliphatic rings. The van der Waals surface area contributed by atoms with E-state index < -0.39 is 0 Å². The summed E-state index contributed by atoms with van der Waals surface area (Å²) in [5.41, 5.74) is 2.17. The van der Waals surface area contributed by atoms with E-state index in [0.717, 1.165) is 55.9 Å². The van der Waals surface area contributed by atoms with Gasteiger partial charge in [0.1, 0.15) is 0 Å². The predicted molar refractivity (Wildman–Crippen MR) is 116 cm³/mol. The van der Waals surface area contributed by atoms with E-state index in [2.05, 4.69) is 57.9 Å². The summed E-state index contributed by atoms with van der Waals surface area (Å²) in [7, 11) is 0. The highest BCUT2D eigenvalue weighted by Crippen LogP contribution is 2.41. The molecule has 1 saturated carbocycles. The maximum absolute atomic E-state index is 12.5. The Kier molecular flexibility index (Phi) is 5.83. The molecule has 1 saturated heterocycles. The molecule has 1 aliphatic carbocycles. The molecule has 156 valence electrons. The second-order valence-electron chi connectivity index (χ2n) is 8.65. The van der Waals surface area contributed by atoms with Gasteiger partial charge >= 0.3 is 0 Å². The maximum atomic E-state index is 12.5. The van der Waals surface area contributed by atoms with Gasteiger partial charge in [-0.2, -0.15) is 0 Å². The number of carbonyl (C=O) groups excluding carboxylic acids is 1. The van der Waals surface area contributed by atoms with E-state index in [1.165, 1.54) is 17.3 Å². The molecule has 7 nitrogen and oxygen atoms in total. The third-order valence-corrected chi connectivity index (χ3v) is 6.16. The third kappa shape index (κ3) is 4.93. The molecule has 2 aromatic rings. The van der Waals surface area contributed by atoms with Crippen molar-refractivity contribution in [2.24, 2.45) is 0 Å². The Hall–Kier alpha value is -2.06. The van der Waals surface area contributed by atoms with Crippen LogP contribution in [0.2, 0.25) is 0 Å². The van der Waals surface area contributed by atoms with Crippen molar-refractivity contribution in [3.8, 4) is 0 Å². The maximum Gasteiger partial charge on any atom is 0.234 e. The Morgan fingerprint density at radius 2 is 1.86 bits per heavy atom. The zero-order chi connectivity index (χ0) is 20.4. The molecule has 29 heavy (non-hydrogen) atoms. The van der Waals surface area contributed by atoms with Crippen molar-refractivity contribution in [1.82, 2.24) is 14.8 Å². The minimum atomic E-state index is -0.0308. The molecular formula is C21H29N5O2S. The number of nitrogens with one attached hydrogen (secondary N) is 1. The largest absolute Gasteiger partial charge is 0.378 e. The Morgan fingerprint density at radius 3 is 2.48 bits per heavy atom. The molecular weight excluding hydrogens is 386 g/mol. The van der Waals surface area contributed by atoms with E-state index in [1.54, 1.807) is 0 Å². The summed E-state index contributed by atoms with van der Waals surface area (Å²) in [6.07, 6.45) is 2.30. The highest BCUT2D eigenvalue weighted by Gasteiger charge is 2.32. The molecule has 0 unspecified atom stereocenters. The summed E-state index contributed by atoms with van der Waals surface area (Å²) in [5.74, 6) is 1.20. The van der Waals surface area contributed by atoms with Gasteiger partial charge < -0.3 is 15.0 Å². The molecule has 0 spiro atoms. The lowest BCUT2D eigenvalue weighted by molar-refractivity contribution is -0.113. The molecule has 0 bridgehead atoms. The van der Waals surface area contributed by atoms with Crippen LogP contribution >= 0.6 is 11.8 Å². The summed E-state index contributed by atoms with van der Waals surface area (Å²) in [6, 6.07) is 8.53. The normalized spacial score (nSPS) is 17.4. The Labute approximate surface area is 176 Å². The first-order valence-electron chi connectivity index (χ1n) is 10.2. The summed E-state index contributed by atoms with van der Waals surface area (Å²) in [4.78, 5) is 14.7. The minimum Gasteiger partial charge on any atom is -0.378 e. The van der Waals surface area contributed by atoms with Crippen molar-refractivity contribution >= 4 is 29.3 Å². The van der Waals surface area contributed by atoms with Gasteiger partial charge in [0.05, 0.1) is 19.0 Å². The number of morpholine rings is 1. The first-order valence-corrected chi connectivity index (χ1v) is 11.2. The molecule has 1 aromatic carbocycles. The van der Waals surface area contributed by atoms with Gasteiger partial charge in [-0.3, -0.25) is 9.36 Å². The van der Waals surface area contributed by atoms with Crippen LogP contribution in [0.15, 0.2) is 29.4 Å². The average molecular weight is 416 g/mol. The molecule has 0 atom stereocenters. The van der Waals surface area contributed by atoms with Gasteiger partial charge in [0.15, 0.2) is 5.16 Å². The fraction of sp³-hybridized carbons (Fsp3) is 0.571. The average Bonchev–Trinajstić information content (AvgIpc) is 3.45. The highest BCUT2D eigenvalue weighted by atomic mass is 32.2. The second kappa shape index (κ2) is 8.36. The molecule has 1 aromatic heterocycles. The Balaban J connectivity index is 1.37. The number of aromatic nitrogens is 3. The molecule has 2 heterocycles. The van der Waals surface area contributed by atoms with Crippen LogP contribution in [0.5, 0.6) is 0 Å². The molecule has 0 radical (unpaired) electrons. The van der Waals surface area contributed by atoms with Crippen molar-refractivity contribution in [3.63, 3.8) is 0 Å². The number of anilines is 2. The van der Waals surface area contributed by atoms with Gasteiger partial charge in [-0.15, -0.1) is 10.2 Å². The van der Waals surface area contributed by atoms with E-state index in [9.17, 15) is 4.79 Å². The van der Waals surface area contributed by atoms with Gasteiger partial charge in [-0.05, 0) is 36.0 Å². The first kappa shape index (κ1) is 20.2. The summed E-state index contributed by atoms with van der Waals surface area (Å²) >= 11 is 1.45. The summed E-state index contributed by atoms with van der Waals surface area (Å²) in [6.45, 7) is 9.64. The van der Waals surface area contributed by atoms with E-state index in [1.807, 2.05) is 12.1 Å². The number of ether oxygens (including phenoxy) is 1. The minimum absolute atomic E-state index is 0.0308. The number of hydrogen-bond donors (Lipinski definition) is 1. The first-order chi connectivity index (χ1) is 13.9. The monoisotopic (exact) mass is 415 g/mol. The molecule has 2 fully saturated rings. The van der Waals surface area contributed by atoms with Crippen molar-refractivity contribution in [3.05, 3.63) is 29.8 Å². The fourth-order valence-electron chi connectivity index (χ4n) is 3.38. The SMILES string of the molecule is CC(C)(C)c1ccc(NC(=O)CSc2nnc(N3CCOCC3)n2C2CC2)cc1. The van der Waals surface area contributed by atoms with Gasteiger partial charge in [-0.1, -0.05) is 44.7 Å². The molecule has 4 rings (SSSR count). The highest BCUT2D eigenvalue weighted by molar-refractivity contribution is 7.99. The lowest BCUT2D eigenvalue weighted by Gasteiger charge is -2.27. The van der Waals surface area contributed by atoms with Gasteiger partial charge in [0.25, 0.3) is 0 Å². The van der Waals surface area contributed by atoms with Crippen LogP contribution < -0.4 is 10.2 Å². The zero-order valence-corrected chi connectivity index (χ0v) is 18.2. The fourth-order valence-corrected chi connectivity index (χ4v) is 4.18. The smallest absolute Gasteiger partial charge is 0.234 e. The van der Waals surface area contributed by atoms with Crippen LogP contribution in [0.4, 0.5) is 11.6 Å². The van der Waals surface area contributed by atoms with Crippen LogP contribution in [0.25, 0.3) is 0 Å². The summed E-state index contributed by atoms with van der Waals surface area (Å²) in [5, 5.41) is 12.6. The number of hydrogen-bond acceptors (Lipinski definition) is 6. The van der Waals surface area contributed by atoms with Crippen LogP contribution in [0, 0.1) is 0 Å². The van der Waals surface area contributed by atoms with E-state index in [0.29, 0.717) is 11.8 Å². The van der Waals surface area contributed by atoms with Crippen molar-refractivity contribution in [2.75, 3.05) is 42.3 Å². The number of amides is 1. The van der Waals surface area contributed by atoms with E-state index >= 15 is 0 Å². The Bertz CT molecular complexity index is 849. The van der Waals surface area contributed by atoms with Crippen LogP contribution in [-0.2, 0) is 14.9 Å². The third-order valence-electron chi connectivity index (χ3n) is 5.22. The van der Waals surface area contributed by atoms with Crippen LogP contribution in [-0.4, -0.2) is 52.7 Å².